The minimum Gasteiger partial charge on any atom is -0.481 e. The summed E-state index contributed by atoms with van der Waals surface area (Å²) in [5, 5.41) is 18.4. The summed E-state index contributed by atoms with van der Waals surface area (Å²) in [6.45, 7) is 4.84. The Bertz CT molecular complexity index is 533. The Labute approximate surface area is 106 Å². The molecule has 1 aliphatic rings. The molecule has 1 saturated heterocycles. The number of aryl methyl sites for hydroxylation is 1. The Morgan fingerprint density at radius 3 is 2.83 bits per heavy atom. The third-order valence-electron chi connectivity index (χ3n) is 3.60. The van der Waals surface area contributed by atoms with Gasteiger partial charge in [-0.05, 0) is 38.0 Å². The van der Waals surface area contributed by atoms with Crippen LogP contribution in [0.3, 0.4) is 0 Å². The first-order chi connectivity index (χ1) is 8.46. The molecule has 4 heteroatoms. The van der Waals surface area contributed by atoms with Crippen molar-refractivity contribution >= 4 is 11.7 Å². The van der Waals surface area contributed by atoms with E-state index < -0.39 is 11.4 Å². The van der Waals surface area contributed by atoms with Gasteiger partial charge in [-0.1, -0.05) is 6.07 Å². The monoisotopic (exact) mass is 244 g/mol. The number of benzene rings is 1. The highest BCUT2D eigenvalue weighted by atomic mass is 16.4. The molecule has 2 rings (SSSR count). The maximum atomic E-state index is 11.2. The third-order valence-corrected chi connectivity index (χ3v) is 3.60. The highest BCUT2D eigenvalue weighted by molar-refractivity contribution is 5.76. The van der Waals surface area contributed by atoms with Crippen LogP contribution in [0, 0.1) is 23.7 Å². The first-order valence-corrected chi connectivity index (χ1v) is 5.95. The van der Waals surface area contributed by atoms with Crippen molar-refractivity contribution in [1.82, 2.24) is 0 Å². The highest BCUT2D eigenvalue weighted by Crippen LogP contribution is 2.34. The number of carboxylic acid groups (broad SMARTS) is 1. The lowest BCUT2D eigenvalue weighted by molar-refractivity contribution is -0.146. The second-order valence-electron chi connectivity index (χ2n) is 5.17. The largest absolute Gasteiger partial charge is 0.481 e. The molecule has 1 aromatic carbocycles. The molecule has 4 nitrogen and oxygen atoms in total. The molecule has 1 fully saturated rings. The summed E-state index contributed by atoms with van der Waals surface area (Å²) in [6, 6.07) is 7.88. The average molecular weight is 244 g/mol. The number of anilines is 1. The number of rotatable bonds is 2. The maximum Gasteiger partial charge on any atom is 0.311 e. The molecular formula is C14H16N2O2. The molecule has 0 aromatic heterocycles. The van der Waals surface area contributed by atoms with Gasteiger partial charge in [0.2, 0.25) is 0 Å². The Morgan fingerprint density at radius 2 is 2.28 bits per heavy atom. The summed E-state index contributed by atoms with van der Waals surface area (Å²) < 4.78 is 0. The van der Waals surface area contributed by atoms with Crippen LogP contribution in [0.1, 0.15) is 24.5 Å². The fourth-order valence-corrected chi connectivity index (χ4v) is 2.36. The van der Waals surface area contributed by atoms with Gasteiger partial charge in [0.1, 0.15) is 6.07 Å². The zero-order chi connectivity index (χ0) is 13.3. The molecule has 94 valence electrons. The predicted octanol–water partition coefficient (Wildman–Crippen LogP) is 2.17. The summed E-state index contributed by atoms with van der Waals surface area (Å²) in [5.74, 6) is -0.768. The molecule has 0 radical (unpaired) electrons. The molecule has 1 aliphatic heterocycles. The predicted molar refractivity (Wildman–Crippen MR) is 68.5 cm³/mol. The van der Waals surface area contributed by atoms with Crippen LogP contribution in [-0.4, -0.2) is 24.2 Å². The van der Waals surface area contributed by atoms with Gasteiger partial charge >= 0.3 is 5.97 Å². The second-order valence-corrected chi connectivity index (χ2v) is 5.17. The van der Waals surface area contributed by atoms with Gasteiger partial charge in [-0.15, -0.1) is 0 Å². The standard InChI is InChI=1S/C14H16N2O2/c1-10-3-4-12(11(7-10)8-15)16-6-5-14(2,9-16)13(17)18/h3-4,7H,5-6,9H2,1-2H3,(H,17,18). The third kappa shape index (κ3) is 2.04. The van der Waals surface area contributed by atoms with Crippen molar-refractivity contribution < 1.29 is 9.90 Å². The van der Waals surface area contributed by atoms with Crippen molar-refractivity contribution in [2.45, 2.75) is 20.3 Å². The number of hydrogen-bond acceptors (Lipinski definition) is 3. The van der Waals surface area contributed by atoms with Crippen LogP contribution < -0.4 is 4.90 Å². The van der Waals surface area contributed by atoms with Gasteiger partial charge in [0, 0.05) is 13.1 Å². The van der Waals surface area contributed by atoms with Crippen LogP contribution in [0.15, 0.2) is 18.2 Å². The van der Waals surface area contributed by atoms with E-state index in [-0.39, 0.29) is 0 Å². The first kappa shape index (κ1) is 12.4. The van der Waals surface area contributed by atoms with Crippen molar-refractivity contribution in [2.24, 2.45) is 5.41 Å². The highest BCUT2D eigenvalue weighted by Gasteiger charge is 2.40. The number of aliphatic carboxylic acids is 1. The fourth-order valence-electron chi connectivity index (χ4n) is 2.36. The van der Waals surface area contributed by atoms with E-state index in [1.807, 2.05) is 30.0 Å². The summed E-state index contributed by atoms with van der Waals surface area (Å²) in [4.78, 5) is 13.2. The van der Waals surface area contributed by atoms with Crippen LogP contribution in [0.25, 0.3) is 0 Å². The van der Waals surface area contributed by atoms with Crippen LogP contribution in [0.2, 0.25) is 0 Å². The van der Waals surface area contributed by atoms with Crippen molar-refractivity contribution in [3.8, 4) is 6.07 Å². The molecule has 0 saturated carbocycles. The topological polar surface area (TPSA) is 64.3 Å². The summed E-state index contributed by atoms with van der Waals surface area (Å²) in [6.07, 6.45) is 0.612. The van der Waals surface area contributed by atoms with Gasteiger partial charge in [0.05, 0.1) is 16.7 Å². The van der Waals surface area contributed by atoms with E-state index in [1.54, 1.807) is 6.92 Å². The van der Waals surface area contributed by atoms with E-state index in [0.29, 0.717) is 25.1 Å². The first-order valence-electron chi connectivity index (χ1n) is 5.95. The smallest absolute Gasteiger partial charge is 0.311 e. The van der Waals surface area contributed by atoms with Gasteiger partial charge in [-0.3, -0.25) is 4.79 Å². The number of nitrogens with zero attached hydrogens (tertiary/aromatic N) is 2. The molecule has 1 atom stereocenters. The lowest BCUT2D eigenvalue weighted by Crippen LogP contribution is -2.31. The molecule has 0 bridgehead atoms. The molecule has 0 spiro atoms. The zero-order valence-corrected chi connectivity index (χ0v) is 10.6. The molecule has 18 heavy (non-hydrogen) atoms. The Hall–Kier alpha value is -2.02. The lowest BCUT2D eigenvalue weighted by atomic mass is 9.90. The van der Waals surface area contributed by atoms with Gasteiger partial charge in [-0.25, -0.2) is 0 Å². The number of nitriles is 1. The second kappa shape index (κ2) is 4.34. The number of carbonyl (C=O) groups is 1. The summed E-state index contributed by atoms with van der Waals surface area (Å²) in [7, 11) is 0. The summed E-state index contributed by atoms with van der Waals surface area (Å²) in [5.41, 5.74) is 1.78. The minimum absolute atomic E-state index is 0.458. The lowest BCUT2D eigenvalue weighted by Gasteiger charge is -2.22. The molecular weight excluding hydrogens is 228 g/mol. The zero-order valence-electron chi connectivity index (χ0n) is 10.6. The Kier molecular flexibility index (Phi) is 3.00. The molecule has 1 N–H and O–H groups in total. The van der Waals surface area contributed by atoms with E-state index in [9.17, 15) is 9.90 Å². The molecule has 0 aliphatic carbocycles. The van der Waals surface area contributed by atoms with E-state index in [0.717, 1.165) is 11.3 Å². The number of hydrogen-bond donors (Lipinski definition) is 1. The normalized spacial score (nSPS) is 22.8. The summed E-state index contributed by atoms with van der Waals surface area (Å²) >= 11 is 0. The van der Waals surface area contributed by atoms with Gasteiger partial charge in [-0.2, -0.15) is 5.26 Å². The maximum absolute atomic E-state index is 11.2. The van der Waals surface area contributed by atoms with E-state index in [2.05, 4.69) is 6.07 Å². The van der Waals surface area contributed by atoms with Crippen molar-refractivity contribution in [1.29, 1.82) is 5.26 Å². The van der Waals surface area contributed by atoms with E-state index in [4.69, 9.17) is 5.26 Å². The van der Waals surface area contributed by atoms with Crippen molar-refractivity contribution in [2.75, 3.05) is 18.0 Å². The number of carboxylic acids is 1. The molecule has 0 amide bonds. The molecule has 1 unspecified atom stereocenters. The Morgan fingerprint density at radius 1 is 1.56 bits per heavy atom. The molecule has 1 heterocycles. The van der Waals surface area contributed by atoms with Crippen molar-refractivity contribution in [3.05, 3.63) is 29.3 Å². The van der Waals surface area contributed by atoms with Gasteiger partial charge in [0.25, 0.3) is 0 Å². The van der Waals surface area contributed by atoms with Crippen molar-refractivity contribution in [3.63, 3.8) is 0 Å². The van der Waals surface area contributed by atoms with Gasteiger partial charge in [0.15, 0.2) is 0 Å². The van der Waals surface area contributed by atoms with Crippen LogP contribution >= 0.6 is 0 Å². The molecule has 1 aromatic rings. The van der Waals surface area contributed by atoms with Gasteiger partial charge < -0.3 is 10.0 Å². The minimum atomic E-state index is -0.768. The Balaban J connectivity index is 2.30. The van der Waals surface area contributed by atoms with E-state index >= 15 is 0 Å². The van der Waals surface area contributed by atoms with Crippen LogP contribution in [0.5, 0.6) is 0 Å². The SMILES string of the molecule is Cc1ccc(N2CCC(C)(C(=O)O)C2)c(C#N)c1. The quantitative estimate of drug-likeness (QED) is 0.866. The average Bonchev–Trinajstić information content (AvgIpc) is 2.73. The fraction of sp³-hybridized carbons (Fsp3) is 0.429. The van der Waals surface area contributed by atoms with E-state index in [1.165, 1.54) is 0 Å². The van der Waals surface area contributed by atoms with Crippen LogP contribution in [0.4, 0.5) is 5.69 Å². The van der Waals surface area contributed by atoms with Crippen LogP contribution in [-0.2, 0) is 4.79 Å².